The number of amides is 2. The van der Waals surface area contributed by atoms with E-state index >= 15 is 0 Å². The number of hydrogen-bond acceptors (Lipinski definition) is 5. The summed E-state index contributed by atoms with van der Waals surface area (Å²) in [6.07, 6.45) is 3.50. The fourth-order valence-corrected chi connectivity index (χ4v) is 4.75. The highest BCUT2D eigenvalue weighted by molar-refractivity contribution is 7.80. The minimum atomic E-state index is -0.539. The van der Waals surface area contributed by atoms with E-state index in [2.05, 4.69) is 5.32 Å². The quantitative estimate of drug-likeness (QED) is 0.184. The van der Waals surface area contributed by atoms with Crippen molar-refractivity contribution < 1.29 is 19.1 Å². The van der Waals surface area contributed by atoms with Gasteiger partial charge in [-0.25, -0.2) is 4.79 Å². The Kier molecular flexibility index (Phi) is 6.42. The van der Waals surface area contributed by atoms with Crippen LogP contribution in [0.5, 0.6) is 0 Å². The molecule has 37 heavy (non-hydrogen) atoms. The van der Waals surface area contributed by atoms with Crippen LogP contribution >= 0.6 is 12.2 Å². The van der Waals surface area contributed by atoms with E-state index in [0.717, 1.165) is 27.6 Å². The third-order valence-electron chi connectivity index (χ3n) is 6.28. The zero-order valence-electron chi connectivity index (χ0n) is 20.2. The summed E-state index contributed by atoms with van der Waals surface area (Å²) in [5.41, 5.74) is 4.49. The third-order valence-corrected chi connectivity index (χ3v) is 6.56. The van der Waals surface area contributed by atoms with Crippen molar-refractivity contribution in [2.24, 2.45) is 0 Å². The van der Waals surface area contributed by atoms with E-state index in [4.69, 9.17) is 17.0 Å². The Hall–Kier alpha value is -4.56. The van der Waals surface area contributed by atoms with Gasteiger partial charge in [0.2, 0.25) is 0 Å². The monoisotopic (exact) mass is 509 g/mol. The zero-order valence-corrected chi connectivity index (χ0v) is 21.0. The number of methoxy groups -OCH3 is 1. The number of nitrogens with one attached hydrogen (secondary N) is 1. The van der Waals surface area contributed by atoms with Gasteiger partial charge in [0.25, 0.3) is 11.8 Å². The van der Waals surface area contributed by atoms with Crippen LogP contribution in [0.1, 0.15) is 27.0 Å². The summed E-state index contributed by atoms with van der Waals surface area (Å²) >= 11 is 5.34. The van der Waals surface area contributed by atoms with E-state index in [9.17, 15) is 14.4 Å². The van der Waals surface area contributed by atoms with Gasteiger partial charge in [-0.15, -0.1) is 0 Å². The van der Waals surface area contributed by atoms with Gasteiger partial charge < -0.3 is 9.30 Å². The molecule has 1 aromatic heterocycles. The van der Waals surface area contributed by atoms with Crippen LogP contribution in [0.4, 0.5) is 5.69 Å². The molecule has 0 radical (unpaired) electrons. The van der Waals surface area contributed by atoms with E-state index in [0.29, 0.717) is 17.8 Å². The maximum atomic E-state index is 13.5. The van der Waals surface area contributed by atoms with Gasteiger partial charge in [-0.1, -0.05) is 48.5 Å². The largest absolute Gasteiger partial charge is 0.465 e. The molecule has 3 aromatic carbocycles. The number of benzene rings is 3. The first-order valence-corrected chi connectivity index (χ1v) is 12.0. The first-order chi connectivity index (χ1) is 17.9. The lowest BCUT2D eigenvalue weighted by Crippen LogP contribution is -2.54. The third kappa shape index (κ3) is 4.54. The molecule has 0 bridgehead atoms. The van der Waals surface area contributed by atoms with Crippen LogP contribution < -0.4 is 10.2 Å². The highest BCUT2D eigenvalue weighted by atomic mass is 32.1. The molecule has 2 amide bonds. The molecule has 184 valence electrons. The molecule has 1 aliphatic rings. The molecule has 0 unspecified atom stereocenters. The molecule has 1 aliphatic heterocycles. The lowest BCUT2D eigenvalue weighted by molar-refractivity contribution is -0.122. The number of nitrogens with zero attached hydrogens (tertiary/aromatic N) is 2. The van der Waals surface area contributed by atoms with E-state index in [1.54, 1.807) is 24.3 Å². The summed E-state index contributed by atoms with van der Waals surface area (Å²) in [4.78, 5) is 39.7. The summed E-state index contributed by atoms with van der Waals surface area (Å²) in [6.45, 7) is 2.36. The number of rotatable bonds is 5. The van der Waals surface area contributed by atoms with Gasteiger partial charge >= 0.3 is 5.97 Å². The van der Waals surface area contributed by atoms with Crippen LogP contribution in [0.15, 0.2) is 84.6 Å². The Morgan fingerprint density at radius 2 is 1.78 bits per heavy atom. The second-order valence-electron chi connectivity index (χ2n) is 8.67. The molecule has 0 saturated carbocycles. The molecular formula is C29H23N3O4S. The average Bonchev–Trinajstić information content (AvgIpc) is 3.24. The van der Waals surface area contributed by atoms with Crippen molar-refractivity contribution in [2.75, 3.05) is 12.0 Å². The minimum absolute atomic E-state index is 0.00700. The number of fused-ring (bicyclic) bond motifs is 1. The van der Waals surface area contributed by atoms with E-state index < -0.39 is 17.8 Å². The smallest absolute Gasteiger partial charge is 0.337 e. The Morgan fingerprint density at radius 1 is 1.03 bits per heavy atom. The summed E-state index contributed by atoms with van der Waals surface area (Å²) < 4.78 is 6.86. The summed E-state index contributed by atoms with van der Waals surface area (Å²) in [7, 11) is 1.35. The van der Waals surface area contributed by atoms with Gasteiger partial charge in [-0.3, -0.25) is 19.8 Å². The minimum Gasteiger partial charge on any atom is -0.465 e. The highest BCUT2D eigenvalue weighted by Crippen LogP contribution is 2.28. The first kappa shape index (κ1) is 24.1. The highest BCUT2D eigenvalue weighted by Gasteiger charge is 2.35. The number of anilines is 1. The number of carbonyl (C=O) groups excluding carboxylic acids is 3. The Balaban J connectivity index is 1.55. The van der Waals surface area contributed by atoms with Crippen LogP contribution in [-0.4, -0.2) is 34.6 Å². The van der Waals surface area contributed by atoms with Crippen molar-refractivity contribution in [1.29, 1.82) is 0 Å². The van der Waals surface area contributed by atoms with Gasteiger partial charge in [-0.05, 0) is 60.6 Å². The van der Waals surface area contributed by atoms with Crippen molar-refractivity contribution >= 4 is 57.8 Å². The van der Waals surface area contributed by atoms with Gasteiger partial charge in [0.15, 0.2) is 5.11 Å². The van der Waals surface area contributed by atoms with Crippen molar-refractivity contribution in [3.63, 3.8) is 0 Å². The molecule has 8 heteroatoms. The topological polar surface area (TPSA) is 80.6 Å². The van der Waals surface area contributed by atoms with E-state index in [1.807, 2.05) is 72.3 Å². The predicted octanol–water partition coefficient (Wildman–Crippen LogP) is 4.62. The molecule has 0 aliphatic carbocycles. The van der Waals surface area contributed by atoms with Crippen LogP contribution in [-0.2, 0) is 20.9 Å². The molecule has 1 N–H and O–H groups in total. The summed E-state index contributed by atoms with van der Waals surface area (Å²) in [6, 6.07) is 22.4. The first-order valence-electron chi connectivity index (χ1n) is 11.6. The molecule has 1 saturated heterocycles. The lowest BCUT2D eigenvalue weighted by atomic mass is 10.1. The average molecular weight is 510 g/mol. The van der Waals surface area contributed by atoms with Gasteiger partial charge in [0.1, 0.15) is 5.57 Å². The molecule has 5 rings (SSSR count). The van der Waals surface area contributed by atoms with Crippen molar-refractivity contribution in [3.8, 4) is 0 Å². The van der Waals surface area contributed by atoms with E-state index in [-0.39, 0.29) is 10.7 Å². The standard InChI is InChI=1S/C29H23N3O4S/c1-18-8-3-5-12-24(18)32-27(34)23(26(33)30-29(32)37)15-21-17-31(25-13-6-4-11-22(21)25)16-19-9-7-10-20(14-19)28(35)36-2/h3-15,17H,16H2,1-2H3,(H,30,33,37)/b23-15+. The summed E-state index contributed by atoms with van der Waals surface area (Å²) in [5, 5.41) is 3.59. The maximum Gasteiger partial charge on any atom is 0.337 e. The number of ether oxygens (including phenoxy) is 1. The Labute approximate surface area is 219 Å². The zero-order chi connectivity index (χ0) is 26.1. The van der Waals surface area contributed by atoms with Crippen LogP contribution in [0, 0.1) is 6.92 Å². The summed E-state index contributed by atoms with van der Waals surface area (Å²) in [5.74, 6) is -1.42. The Morgan fingerprint density at radius 3 is 2.57 bits per heavy atom. The fourth-order valence-electron chi connectivity index (χ4n) is 4.48. The molecule has 0 spiro atoms. The second kappa shape index (κ2) is 9.83. The molecule has 7 nitrogen and oxygen atoms in total. The maximum absolute atomic E-state index is 13.5. The molecular weight excluding hydrogens is 486 g/mol. The molecule has 4 aromatic rings. The number of carbonyl (C=O) groups is 3. The van der Waals surface area contributed by atoms with Crippen molar-refractivity contribution in [3.05, 3.63) is 107 Å². The number of hydrogen-bond donors (Lipinski definition) is 1. The molecule has 2 heterocycles. The van der Waals surface area contributed by atoms with Gasteiger partial charge in [-0.2, -0.15) is 0 Å². The van der Waals surface area contributed by atoms with Crippen molar-refractivity contribution in [1.82, 2.24) is 9.88 Å². The number of thiocarbonyl (C=S) groups is 1. The number of aryl methyl sites for hydroxylation is 1. The Bertz CT molecular complexity index is 1620. The number of para-hydroxylation sites is 2. The normalized spacial score (nSPS) is 14.8. The lowest BCUT2D eigenvalue weighted by Gasteiger charge is -2.29. The predicted molar refractivity (Wildman–Crippen MR) is 146 cm³/mol. The fraction of sp³-hybridized carbons (Fsp3) is 0.103. The molecule has 0 atom stereocenters. The number of esters is 1. The van der Waals surface area contributed by atoms with Crippen LogP contribution in [0.2, 0.25) is 0 Å². The second-order valence-corrected chi connectivity index (χ2v) is 9.05. The number of aromatic nitrogens is 1. The van der Waals surface area contributed by atoms with Crippen molar-refractivity contribution in [2.45, 2.75) is 13.5 Å². The van der Waals surface area contributed by atoms with Crippen LogP contribution in [0.3, 0.4) is 0 Å². The van der Waals surface area contributed by atoms with Crippen LogP contribution in [0.25, 0.3) is 17.0 Å². The SMILES string of the molecule is COC(=O)c1cccc(Cn2cc(/C=C3\C(=O)NC(=S)N(c4ccccc4C)C3=O)c3ccccc32)c1. The van der Waals surface area contributed by atoms with Gasteiger partial charge in [0, 0.05) is 29.2 Å². The van der Waals surface area contributed by atoms with E-state index in [1.165, 1.54) is 12.0 Å². The van der Waals surface area contributed by atoms with Gasteiger partial charge in [0.05, 0.1) is 18.4 Å². The molecule has 1 fully saturated rings.